The second kappa shape index (κ2) is 10.1. The molecule has 0 unspecified atom stereocenters. The first-order valence-corrected chi connectivity index (χ1v) is 8.15. The highest BCUT2D eigenvalue weighted by Crippen LogP contribution is 2.27. The van der Waals surface area contributed by atoms with Crippen LogP contribution in [0.2, 0.25) is 0 Å². The summed E-state index contributed by atoms with van der Waals surface area (Å²) >= 11 is 0. The molecule has 1 saturated heterocycles. The number of hydrogen-bond acceptors (Lipinski definition) is 8. The summed E-state index contributed by atoms with van der Waals surface area (Å²) in [6.07, 6.45) is 2.11. The lowest BCUT2D eigenvalue weighted by Crippen LogP contribution is -2.28. The van der Waals surface area contributed by atoms with Crippen LogP contribution in [0.15, 0.2) is 11.0 Å². The van der Waals surface area contributed by atoms with Crippen molar-refractivity contribution in [2.45, 2.75) is 25.2 Å². The molecule has 0 amide bonds. The van der Waals surface area contributed by atoms with Crippen molar-refractivity contribution in [2.24, 2.45) is 5.73 Å². The highest BCUT2D eigenvalue weighted by Gasteiger charge is 2.27. The van der Waals surface area contributed by atoms with E-state index < -0.39 is 11.9 Å². The molecular weight excluding hydrogens is 328 g/mol. The van der Waals surface area contributed by atoms with E-state index in [9.17, 15) is 4.79 Å². The number of aliphatic hydroxyl groups excluding tert-OH is 1. The minimum atomic E-state index is -0.500. The van der Waals surface area contributed by atoms with Gasteiger partial charge in [0.25, 0.3) is 0 Å². The van der Waals surface area contributed by atoms with Gasteiger partial charge in [-0.25, -0.2) is 4.79 Å². The molecule has 1 aromatic heterocycles. The average Bonchev–Trinajstić information content (AvgIpc) is 3.07. The second-order valence-corrected chi connectivity index (χ2v) is 5.46. The van der Waals surface area contributed by atoms with Crippen LogP contribution >= 0.6 is 0 Å². The molecule has 2 rings (SSSR count). The van der Waals surface area contributed by atoms with E-state index in [1.807, 2.05) is 0 Å². The van der Waals surface area contributed by atoms with Crippen molar-refractivity contribution >= 4 is 5.82 Å². The molecule has 2 atom stereocenters. The van der Waals surface area contributed by atoms with Crippen molar-refractivity contribution in [3.05, 3.63) is 22.2 Å². The second-order valence-electron chi connectivity index (χ2n) is 5.46. The van der Waals surface area contributed by atoms with E-state index in [-0.39, 0.29) is 25.1 Å². The Balaban J connectivity index is 1.94. The molecule has 1 aliphatic heterocycles. The molecule has 2 heterocycles. The molecule has 1 fully saturated rings. The van der Waals surface area contributed by atoms with E-state index in [1.165, 1.54) is 10.8 Å². The smallest absolute Gasteiger partial charge is 0.351 e. The molecule has 0 aromatic carbocycles. The summed E-state index contributed by atoms with van der Waals surface area (Å²) < 4.78 is 17.4. The summed E-state index contributed by atoms with van der Waals surface area (Å²) in [5.74, 6) is 5.73. The molecule has 25 heavy (non-hydrogen) atoms. The van der Waals surface area contributed by atoms with E-state index in [2.05, 4.69) is 16.8 Å². The third-order valence-corrected chi connectivity index (χ3v) is 3.61. The number of hydrogen-bond donors (Lipinski definition) is 3. The number of aliphatic hydroxyl groups is 1. The summed E-state index contributed by atoms with van der Waals surface area (Å²) in [6, 6.07) is 0. The van der Waals surface area contributed by atoms with E-state index >= 15 is 0 Å². The van der Waals surface area contributed by atoms with Crippen molar-refractivity contribution in [1.29, 1.82) is 0 Å². The number of anilines is 1. The predicted octanol–water partition coefficient (Wildman–Crippen LogP) is -1.16. The fraction of sp³-hybridized carbons (Fsp3) is 0.625. The third kappa shape index (κ3) is 5.81. The van der Waals surface area contributed by atoms with Crippen LogP contribution < -0.4 is 17.2 Å². The Morgan fingerprint density at radius 3 is 2.88 bits per heavy atom. The number of nitrogens with two attached hydrogens (primary N) is 2. The number of aromatic nitrogens is 2. The Bertz CT molecular complexity index is 667. The normalized spacial score (nSPS) is 19.6. The van der Waals surface area contributed by atoms with Gasteiger partial charge in [0.2, 0.25) is 0 Å². The lowest BCUT2D eigenvalue weighted by molar-refractivity contribution is -0.0245. The molecule has 138 valence electrons. The molecule has 9 heteroatoms. The lowest BCUT2D eigenvalue weighted by Gasteiger charge is -2.15. The molecule has 0 saturated carbocycles. The zero-order valence-corrected chi connectivity index (χ0v) is 14.0. The highest BCUT2D eigenvalue weighted by molar-refractivity contribution is 5.49. The van der Waals surface area contributed by atoms with Crippen LogP contribution in [0.25, 0.3) is 0 Å². The van der Waals surface area contributed by atoms with Crippen LogP contribution in [0.5, 0.6) is 0 Å². The quantitative estimate of drug-likeness (QED) is 0.394. The standard InChI is InChI=1S/C16H24N4O5/c17-5-7-24-9-8-23-6-1-2-12-10-20(16(22)19-15(12)18)14-4-3-13(11-21)25-14/h10,13-14,21H,3-9,11,17H2,(H2,18,19,22)/t13-,14+/m0/s1. The minimum Gasteiger partial charge on any atom is -0.394 e. The average molecular weight is 352 g/mol. The van der Waals surface area contributed by atoms with Gasteiger partial charge in [-0.05, 0) is 12.8 Å². The molecule has 0 aliphatic carbocycles. The Morgan fingerprint density at radius 1 is 1.36 bits per heavy atom. The van der Waals surface area contributed by atoms with Gasteiger partial charge in [-0.1, -0.05) is 11.8 Å². The van der Waals surface area contributed by atoms with Gasteiger partial charge >= 0.3 is 5.69 Å². The summed E-state index contributed by atoms with van der Waals surface area (Å²) in [5.41, 5.74) is 11.0. The van der Waals surface area contributed by atoms with E-state index in [0.717, 1.165) is 0 Å². The van der Waals surface area contributed by atoms with Crippen molar-refractivity contribution in [2.75, 3.05) is 45.3 Å². The van der Waals surface area contributed by atoms with Crippen LogP contribution in [0.3, 0.4) is 0 Å². The molecule has 1 aliphatic rings. The van der Waals surface area contributed by atoms with Crippen LogP contribution in [0.1, 0.15) is 24.6 Å². The van der Waals surface area contributed by atoms with Gasteiger partial charge in [-0.3, -0.25) is 4.57 Å². The van der Waals surface area contributed by atoms with Gasteiger partial charge in [0.05, 0.1) is 38.1 Å². The molecule has 9 nitrogen and oxygen atoms in total. The maximum absolute atomic E-state index is 12.0. The fourth-order valence-electron chi connectivity index (χ4n) is 2.37. The summed E-state index contributed by atoms with van der Waals surface area (Å²) in [4.78, 5) is 15.8. The first-order valence-electron chi connectivity index (χ1n) is 8.15. The first-order chi connectivity index (χ1) is 12.2. The van der Waals surface area contributed by atoms with Gasteiger partial charge in [0.15, 0.2) is 0 Å². The van der Waals surface area contributed by atoms with Gasteiger partial charge in [-0.2, -0.15) is 4.98 Å². The molecule has 0 bridgehead atoms. The highest BCUT2D eigenvalue weighted by atomic mass is 16.5. The zero-order valence-electron chi connectivity index (χ0n) is 14.0. The largest absolute Gasteiger partial charge is 0.394 e. The van der Waals surface area contributed by atoms with Crippen LogP contribution in [-0.4, -0.2) is 60.3 Å². The number of nitrogens with zero attached hydrogens (tertiary/aromatic N) is 2. The molecular formula is C16H24N4O5. The van der Waals surface area contributed by atoms with Gasteiger partial charge in [0.1, 0.15) is 18.7 Å². The minimum absolute atomic E-state index is 0.0664. The Hall–Kier alpha value is -1.96. The Kier molecular flexibility index (Phi) is 7.84. The fourth-order valence-corrected chi connectivity index (χ4v) is 2.37. The molecule has 1 aromatic rings. The summed E-state index contributed by atoms with van der Waals surface area (Å²) in [5, 5.41) is 9.13. The maximum atomic E-state index is 12.0. The van der Waals surface area contributed by atoms with Crippen LogP contribution in [0.4, 0.5) is 5.82 Å². The van der Waals surface area contributed by atoms with Crippen molar-refractivity contribution in [3.63, 3.8) is 0 Å². The van der Waals surface area contributed by atoms with E-state index in [4.69, 9.17) is 30.8 Å². The van der Waals surface area contributed by atoms with Crippen LogP contribution in [-0.2, 0) is 14.2 Å². The van der Waals surface area contributed by atoms with Crippen LogP contribution in [0, 0.1) is 11.8 Å². The Morgan fingerprint density at radius 2 is 2.16 bits per heavy atom. The number of ether oxygens (including phenoxy) is 3. The Labute approximate surface area is 145 Å². The molecule has 0 spiro atoms. The van der Waals surface area contributed by atoms with E-state index in [1.54, 1.807) is 0 Å². The van der Waals surface area contributed by atoms with Gasteiger partial charge < -0.3 is 30.8 Å². The monoisotopic (exact) mass is 352 g/mol. The maximum Gasteiger partial charge on any atom is 0.351 e. The lowest BCUT2D eigenvalue weighted by atomic mass is 10.2. The number of rotatable bonds is 8. The van der Waals surface area contributed by atoms with E-state index in [0.29, 0.717) is 44.8 Å². The summed E-state index contributed by atoms with van der Waals surface area (Å²) in [7, 11) is 0. The van der Waals surface area contributed by atoms with Crippen molar-refractivity contribution in [1.82, 2.24) is 9.55 Å². The number of nitrogen functional groups attached to an aromatic ring is 1. The first kappa shape index (κ1) is 19.4. The molecule has 0 radical (unpaired) electrons. The zero-order chi connectivity index (χ0) is 18.1. The van der Waals surface area contributed by atoms with Gasteiger partial charge in [-0.15, -0.1) is 0 Å². The topological polar surface area (TPSA) is 135 Å². The summed E-state index contributed by atoms with van der Waals surface area (Å²) in [6.45, 7) is 1.98. The SMILES string of the molecule is NCCOCCOCC#Cc1cn([C@H]2CC[C@@H](CO)O2)c(=O)nc1N. The molecule has 5 N–H and O–H groups in total. The van der Waals surface area contributed by atoms with Crippen molar-refractivity contribution in [3.8, 4) is 11.8 Å². The third-order valence-electron chi connectivity index (χ3n) is 3.61. The predicted molar refractivity (Wildman–Crippen MR) is 90.7 cm³/mol. The van der Waals surface area contributed by atoms with Crippen molar-refractivity contribution < 1.29 is 19.3 Å². The van der Waals surface area contributed by atoms with Gasteiger partial charge in [0, 0.05) is 12.7 Å².